The van der Waals surface area contributed by atoms with Gasteiger partial charge in [0, 0.05) is 12.2 Å². The van der Waals surface area contributed by atoms with Crippen LogP contribution in [0.15, 0.2) is 48.5 Å². The fraction of sp³-hybridized carbons (Fsp3) is 0.263. The number of halogens is 3. The van der Waals surface area contributed by atoms with E-state index in [1.54, 1.807) is 29.6 Å². The molecule has 0 unspecified atom stereocenters. The van der Waals surface area contributed by atoms with Gasteiger partial charge in [-0.15, -0.1) is 0 Å². The van der Waals surface area contributed by atoms with Crippen LogP contribution in [0.2, 0.25) is 0 Å². The van der Waals surface area contributed by atoms with Crippen LogP contribution in [0, 0.1) is 0 Å². The molecule has 0 atom stereocenters. The molecule has 0 aliphatic carbocycles. The second-order valence-corrected chi connectivity index (χ2v) is 5.64. The van der Waals surface area contributed by atoms with E-state index in [4.69, 9.17) is 4.74 Å². The number of ether oxygens (including phenoxy) is 1. The SMILES string of the molecule is CCc1ccccc1OCC(=O)Nc1ccccc1CNC(=O)C(F)(F)F. The first-order valence-corrected chi connectivity index (χ1v) is 8.24. The summed E-state index contributed by atoms with van der Waals surface area (Å²) in [6.45, 7) is 1.35. The van der Waals surface area contributed by atoms with Gasteiger partial charge < -0.3 is 15.4 Å². The predicted molar refractivity (Wildman–Crippen MR) is 94.3 cm³/mol. The Labute approximate surface area is 154 Å². The fourth-order valence-electron chi connectivity index (χ4n) is 2.34. The molecule has 2 rings (SSSR count). The van der Waals surface area contributed by atoms with Crippen LogP contribution in [0.1, 0.15) is 18.1 Å². The molecular formula is C19H19F3N2O3. The van der Waals surface area contributed by atoms with E-state index >= 15 is 0 Å². The molecule has 2 aromatic carbocycles. The van der Waals surface area contributed by atoms with Gasteiger partial charge in [-0.05, 0) is 29.7 Å². The number of aryl methyl sites for hydroxylation is 1. The molecule has 2 N–H and O–H groups in total. The van der Waals surface area contributed by atoms with Gasteiger partial charge in [0.1, 0.15) is 5.75 Å². The van der Waals surface area contributed by atoms with E-state index in [0.717, 1.165) is 12.0 Å². The number of hydrogen-bond donors (Lipinski definition) is 2. The van der Waals surface area contributed by atoms with Crippen molar-refractivity contribution in [1.29, 1.82) is 0 Å². The molecule has 0 aromatic heterocycles. The summed E-state index contributed by atoms with van der Waals surface area (Å²) in [4.78, 5) is 23.1. The van der Waals surface area contributed by atoms with Crippen LogP contribution in [0.5, 0.6) is 5.75 Å². The number of benzene rings is 2. The number of carbonyl (C=O) groups is 2. The summed E-state index contributed by atoms with van der Waals surface area (Å²) in [7, 11) is 0. The van der Waals surface area contributed by atoms with Gasteiger partial charge in [0.05, 0.1) is 0 Å². The number of carbonyl (C=O) groups excluding carboxylic acids is 2. The highest BCUT2D eigenvalue weighted by atomic mass is 19.4. The average Bonchev–Trinajstić information content (AvgIpc) is 2.64. The van der Waals surface area contributed by atoms with Gasteiger partial charge in [0.25, 0.3) is 5.91 Å². The fourth-order valence-corrected chi connectivity index (χ4v) is 2.34. The van der Waals surface area contributed by atoms with Crippen LogP contribution in [0.25, 0.3) is 0 Å². The Morgan fingerprint density at radius 3 is 2.30 bits per heavy atom. The molecule has 0 bridgehead atoms. The van der Waals surface area contributed by atoms with Gasteiger partial charge in [0.2, 0.25) is 0 Å². The molecule has 2 amide bonds. The lowest BCUT2D eigenvalue weighted by Crippen LogP contribution is -2.36. The summed E-state index contributed by atoms with van der Waals surface area (Å²) in [5.74, 6) is -1.90. The van der Waals surface area contributed by atoms with Gasteiger partial charge in [-0.2, -0.15) is 13.2 Å². The van der Waals surface area contributed by atoms with Crippen molar-refractivity contribution in [2.24, 2.45) is 0 Å². The molecule has 5 nitrogen and oxygen atoms in total. The van der Waals surface area contributed by atoms with E-state index < -0.39 is 18.0 Å². The van der Waals surface area contributed by atoms with Crippen molar-refractivity contribution in [3.05, 3.63) is 59.7 Å². The van der Waals surface area contributed by atoms with Crippen molar-refractivity contribution >= 4 is 17.5 Å². The summed E-state index contributed by atoms with van der Waals surface area (Å²) in [5.41, 5.74) is 1.61. The van der Waals surface area contributed by atoms with Gasteiger partial charge in [-0.3, -0.25) is 9.59 Å². The maximum absolute atomic E-state index is 12.3. The van der Waals surface area contributed by atoms with Crippen molar-refractivity contribution in [3.63, 3.8) is 0 Å². The first kappa shape index (κ1) is 20.3. The third kappa shape index (κ3) is 6.02. The molecule has 27 heavy (non-hydrogen) atoms. The van der Waals surface area contributed by atoms with Gasteiger partial charge in [0.15, 0.2) is 6.61 Å². The maximum atomic E-state index is 12.3. The van der Waals surface area contributed by atoms with E-state index in [1.807, 2.05) is 19.1 Å². The molecule has 2 aromatic rings. The Kier molecular flexibility index (Phi) is 6.81. The molecule has 8 heteroatoms. The zero-order chi connectivity index (χ0) is 19.9. The summed E-state index contributed by atoms with van der Waals surface area (Å²) >= 11 is 0. The Bertz CT molecular complexity index is 807. The maximum Gasteiger partial charge on any atom is 0.471 e. The van der Waals surface area contributed by atoms with Crippen LogP contribution in [-0.4, -0.2) is 24.6 Å². The normalized spacial score (nSPS) is 11.0. The molecule has 0 radical (unpaired) electrons. The van der Waals surface area contributed by atoms with Gasteiger partial charge in [-0.25, -0.2) is 0 Å². The second-order valence-electron chi connectivity index (χ2n) is 5.64. The Morgan fingerprint density at radius 2 is 1.63 bits per heavy atom. The third-order valence-corrected chi connectivity index (χ3v) is 3.70. The van der Waals surface area contributed by atoms with E-state index in [0.29, 0.717) is 17.0 Å². The highest BCUT2D eigenvalue weighted by Gasteiger charge is 2.38. The van der Waals surface area contributed by atoms with Crippen molar-refractivity contribution in [1.82, 2.24) is 5.32 Å². The lowest BCUT2D eigenvalue weighted by atomic mass is 10.1. The molecule has 0 fully saturated rings. The standard InChI is InChI=1S/C19H19F3N2O3/c1-2-13-7-4-6-10-16(13)27-12-17(25)24-15-9-5-3-8-14(15)11-23-18(26)19(20,21)22/h3-10H,2,11-12H2,1H3,(H,23,26)(H,24,25). The summed E-state index contributed by atoms with van der Waals surface area (Å²) in [6, 6.07) is 13.6. The highest BCUT2D eigenvalue weighted by Crippen LogP contribution is 2.19. The number of hydrogen-bond acceptors (Lipinski definition) is 3. The number of nitrogens with one attached hydrogen (secondary N) is 2. The Morgan fingerprint density at radius 1 is 1.00 bits per heavy atom. The van der Waals surface area contributed by atoms with E-state index in [-0.39, 0.29) is 13.2 Å². The number of anilines is 1. The quantitative estimate of drug-likeness (QED) is 0.773. The summed E-state index contributed by atoms with van der Waals surface area (Å²) < 4.78 is 42.4. The number of amides is 2. The number of rotatable bonds is 7. The zero-order valence-electron chi connectivity index (χ0n) is 14.6. The van der Waals surface area contributed by atoms with Crippen LogP contribution < -0.4 is 15.4 Å². The third-order valence-electron chi connectivity index (χ3n) is 3.70. The first-order valence-electron chi connectivity index (χ1n) is 8.24. The van der Waals surface area contributed by atoms with Crippen molar-refractivity contribution in [3.8, 4) is 5.75 Å². The predicted octanol–water partition coefficient (Wildman–Crippen LogP) is 3.45. The Hall–Kier alpha value is -3.03. The van der Waals surface area contributed by atoms with Crippen molar-refractivity contribution < 1.29 is 27.5 Å². The Balaban J connectivity index is 1.96. The molecule has 0 aliphatic rings. The largest absolute Gasteiger partial charge is 0.483 e. The molecular weight excluding hydrogens is 361 g/mol. The minimum Gasteiger partial charge on any atom is -0.483 e. The lowest BCUT2D eigenvalue weighted by Gasteiger charge is -2.14. The second kappa shape index (κ2) is 9.07. The van der Waals surface area contributed by atoms with Gasteiger partial charge in [-0.1, -0.05) is 43.3 Å². The topological polar surface area (TPSA) is 67.4 Å². The van der Waals surface area contributed by atoms with E-state index in [1.165, 1.54) is 12.1 Å². The average molecular weight is 380 g/mol. The monoisotopic (exact) mass is 380 g/mol. The highest BCUT2D eigenvalue weighted by molar-refractivity contribution is 5.92. The summed E-state index contributed by atoms with van der Waals surface area (Å²) in [6.07, 6.45) is -4.21. The van der Waals surface area contributed by atoms with Crippen LogP contribution in [0.3, 0.4) is 0 Å². The number of alkyl halides is 3. The van der Waals surface area contributed by atoms with Crippen LogP contribution in [0.4, 0.5) is 18.9 Å². The van der Waals surface area contributed by atoms with E-state index in [2.05, 4.69) is 5.32 Å². The number of para-hydroxylation sites is 2. The van der Waals surface area contributed by atoms with Crippen molar-refractivity contribution in [2.45, 2.75) is 26.1 Å². The molecule has 0 heterocycles. The zero-order valence-corrected chi connectivity index (χ0v) is 14.6. The minimum absolute atomic E-state index is 0.250. The first-order chi connectivity index (χ1) is 12.8. The smallest absolute Gasteiger partial charge is 0.471 e. The van der Waals surface area contributed by atoms with Crippen LogP contribution in [-0.2, 0) is 22.6 Å². The lowest BCUT2D eigenvalue weighted by molar-refractivity contribution is -0.173. The minimum atomic E-state index is -4.96. The molecule has 144 valence electrons. The van der Waals surface area contributed by atoms with Crippen LogP contribution >= 0.6 is 0 Å². The molecule has 0 spiro atoms. The molecule has 0 saturated heterocycles. The van der Waals surface area contributed by atoms with Crippen molar-refractivity contribution in [2.75, 3.05) is 11.9 Å². The molecule has 0 aliphatic heterocycles. The summed E-state index contributed by atoms with van der Waals surface area (Å²) in [5, 5.41) is 4.36. The van der Waals surface area contributed by atoms with E-state index in [9.17, 15) is 22.8 Å². The molecule has 0 saturated carbocycles. The van der Waals surface area contributed by atoms with Gasteiger partial charge >= 0.3 is 12.1 Å².